The van der Waals surface area contributed by atoms with Crippen LogP contribution in [0.3, 0.4) is 0 Å². The summed E-state index contributed by atoms with van der Waals surface area (Å²) in [5.74, 6) is -0.418. The minimum absolute atomic E-state index is 0. The summed E-state index contributed by atoms with van der Waals surface area (Å²) in [6, 6.07) is -0.140. The van der Waals surface area contributed by atoms with Crippen LogP contribution in [-0.4, -0.2) is 38.4 Å². The molecule has 0 aliphatic carbocycles. The maximum atomic E-state index is 11.5. The van der Waals surface area contributed by atoms with Crippen molar-refractivity contribution < 1.29 is 13.2 Å². The third kappa shape index (κ3) is 9.67. The second-order valence-electron chi connectivity index (χ2n) is 4.72. The van der Waals surface area contributed by atoms with E-state index in [0.717, 1.165) is 6.42 Å². The van der Waals surface area contributed by atoms with Crippen LogP contribution in [0.25, 0.3) is 0 Å². The fourth-order valence-corrected chi connectivity index (χ4v) is 2.88. The number of carbonyl (C=O) groups excluding carboxylic acids is 1. The molecule has 18 heavy (non-hydrogen) atoms. The number of sulfone groups is 1. The van der Waals surface area contributed by atoms with Crippen molar-refractivity contribution in [3.63, 3.8) is 0 Å². The number of nitrogens with one attached hydrogen (secondary N) is 1. The van der Waals surface area contributed by atoms with Crippen LogP contribution < -0.4 is 11.1 Å². The van der Waals surface area contributed by atoms with E-state index < -0.39 is 21.5 Å². The van der Waals surface area contributed by atoms with Gasteiger partial charge in [0.15, 0.2) is 9.84 Å². The lowest BCUT2D eigenvalue weighted by Gasteiger charge is -2.18. The van der Waals surface area contributed by atoms with E-state index >= 15 is 0 Å². The molecule has 0 aliphatic heterocycles. The number of carbonyl (C=O) groups is 1. The summed E-state index contributed by atoms with van der Waals surface area (Å²) < 4.78 is 22.9. The highest BCUT2D eigenvalue weighted by atomic mass is 35.5. The lowest BCUT2D eigenvalue weighted by atomic mass is 10.0. The minimum atomic E-state index is -3.27. The minimum Gasteiger partial charge on any atom is -0.351 e. The zero-order chi connectivity index (χ0) is 13.5. The molecule has 0 radical (unpaired) electrons. The van der Waals surface area contributed by atoms with Crippen molar-refractivity contribution in [2.24, 2.45) is 11.7 Å². The number of amides is 1. The molecule has 110 valence electrons. The highest BCUT2D eigenvalue weighted by Gasteiger charge is 2.18. The first-order chi connectivity index (χ1) is 7.80. The van der Waals surface area contributed by atoms with Crippen LogP contribution in [0.15, 0.2) is 0 Å². The Morgan fingerprint density at radius 3 is 2.28 bits per heavy atom. The van der Waals surface area contributed by atoms with E-state index in [-0.39, 0.29) is 24.2 Å². The Bertz CT molecular complexity index is 331. The van der Waals surface area contributed by atoms with E-state index in [1.165, 1.54) is 0 Å². The van der Waals surface area contributed by atoms with Crippen LogP contribution >= 0.6 is 12.4 Å². The maximum Gasteiger partial charge on any atom is 0.235 e. The fourth-order valence-electron chi connectivity index (χ4n) is 1.64. The molecule has 0 fully saturated rings. The molecular weight excluding hydrogens is 276 g/mol. The number of halogens is 1. The second-order valence-corrected chi connectivity index (χ2v) is 6.91. The van der Waals surface area contributed by atoms with E-state index in [9.17, 15) is 13.2 Å². The quantitative estimate of drug-likeness (QED) is 0.691. The van der Waals surface area contributed by atoms with Gasteiger partial charge in [0, 0.05) is 12.6 Å². The normalized spacial score (nSPS) is 12.9. The van der Waals surface area contributed by atoms with E-state index in [2.05, 4.69) is 5.32 Å². The maximum absolute atomic E-state index is 11.5. The predicted octanol–water partition coefficient (Wildman–Crippen LogP) is 0.723. The molecule has 0 heterocycles. The topological polar surface area (TPSA) is 89.3 Å². The van der Waals surface area contributed by atoms with Crippen LogP contribution in [0.1, 0.15) is 33.6 Å². The van der Waals surface area contributed by atoms with Gasteiger partial charge < -0.3 is 11.1 Å². The lowest BCUT2D eigenvalue weighted by Crippen LogP contribution is -2.43. The van der Waals surface area contributed by atoms with Crippen molar-refractivity contribution in [2.45, 2.75) is 39.7 Å². The standard InChI is InChI=1S/C11H24N2O3S.ClH/c1-4-5-17(15,16)8-11(14)13-10(7-12)6-9(2)3;/h9-10H,4-8,12H2,1-3H3,(H,13,14);1H. The summed E-state index contributed by atoms with van der Waals surface area (Å²) in [6.07, 6.45) is 1.29. The summed E-state index contributed by atoms with van der Waals surface area (Å²) in [4.78, 5) is 11.5. The summed E-state index contributed by atoms with van der Waals surface area (Å²) in [6.45, 7) is 6.17. The molecule has 0 saturated carbocycles. The van der Waals surface area contributed by atoms with Crippen LogP contribution in [0.5, 0.6) is 0 Å². The molecule has 0 spiro atoms. The molecule has 0 bridgehead atoms. The Balaban J connectivity index is 0. The SMILES string of the molecule is CCCS(=O)(=O)CC(=O)NC(CN)CC(C)C.Cl. The number of hydrogen-bond acceptors (Lipinski definition) is 4. The van der Waals surface area contributed by atoms with Gasteiger partial charge in [0.2, 0.25) is 5.91 Å². The van der Waals surface area contributed by atoms with Gasteiger partial charge in [0.25, 0.3) is 0 Å². The van der Waals surface area contributed by atoms with Crippen molar-refractivity contribution in [1.82, 2.24) is 5.32 Å². The molecular formula is C11H25ClN2O3S. The summed E-state index contributed by atoms with van der Waals surface area (Å²) in [5, 5.41) is 2.67. The molecule has 0 aromatic rings. The fraction of sp³-hybridized carbons (Fsp3) is 0.909. The van der Waals surface area contributed by atoms with Gasteiger partial charge in [-0.15, -0.1) is 12.4 Å². The van der Waals surface area contributed by atoms with Crippen LogP contribution in [0.4, 0.5) is 0 Å². The lowest BCUT2D eigenvalue weighted by molar-refractivity contribution is -0.119. The van der Waals surface area contributed by atoms with Gasteiger partial charge in [-0.2, -0.15) is 0 Å². The van der Waals surface area contributed by atoms with Gasteiger partial charge in [-0.25, -0.2) is 8.42 Å². The smallest absolute Gasteiger partial charge is 0.235 e. The first-order valence-electron chi connectivity index (χ1n) is 6.00. The molecule has 0 saturated heterocycles. The van der Waals surface area contributed by atoms with Crippen LogP contribution in [0, 0.1) is 5.92 Å². The van der Waals surface area contributed by atoms with Crippen molar-refractivity contribution in [2.75, 3.05) is 18.1 Å². The third-order valence-electron chi connectivity index (χ3n) is 2.27. The largest absolute Gasteiger partial charge is 0.351 e. The Morgan fingerprint density at radius 2 is 1.89 bits per heavy atom. The molecule has 5 nitrogen and oxygen atoms in total. The van der Waals surface area contributed by atoms with Gasteiger partial charge in [-0.1, -0.05) is 20.8 Å². The molecule has 0 aliphatic rings. The Kier molecular flexibility index (Phi) is 10.6. The van der Waals surface area contributed by atoms with Crippen molar-refractivity contribution in [3.05, 3.63) is 0 Å². The van der Waals surface area contributed by atoms with Crippen LogP contribution in [-0.2, 0) is 14.6 Å². The van der Waals surface area contributed by atoms with Crippen molar-refractivity contribution >= 4 is 28.2 Å². The second kappa shape index (κ2) is 9.58. The zero-order valence-electron chi connectivity index (χ0n) is 11.3. The molecule has 1 unspecified atom stereocenters. The first-order valence-corrected chi connectivity index (χ1v) is 7.82. The summed E-state index contributed by atoms with van der Waals surface area (Å²) in [5.41, 5.74) is 5.53. The molecule has 0 aromatic heterocycles. The molecule has 3 N–H and O–H groups in total. The molecule has 1 atom stereocenters. The monoisotopic (exact) mass is 300 g/mol. The van der Waals surface area contributed by atoms with Gasteiger partial charge in [-0.3, -0.25) is 4.79 Å². The third-order valence-corrected chi connectivity index (χ3v) is 4.00. The Labute approximate surface area is 116 Å². The van der Waals surface area contributed by atoms with Gasteiger partial charge >= 0.3 is 0 Å². The average molecular weight is 301 g/mol. The van der Waals surface area contributed by atoms with Gasteiger partial charge in [0.1, 0.15) is 5.75 Å². The van der Waals surface area contributed by atoms with Crippen molar-refractivity contribution in [3.8, 4) is 0 Å². The summed E-state index contributed by atoms with van der Waals surface area (Å²) >= 11 is 0. The molecule has 0 rings (SSSR count). The molecule has 7 heteroatoms. The Hall–Kier alpha value is -0.330. The van der Waals surface area contributed by atoms with E-state index in [1.807, 2.05) is 13.8 Å². The first kappa shape index (κ1) is 20.0. The molecule has 1 amide bonds. The average Bonchev–Trinajstić information content (AvgIpc) is 2.14. The van der Waals surface area contributed by atoms with Crippen molar-refractivity contribution in [1.29, 1.82) is 0 Å². The number of nitrogens with two attached hydrogens (primary N) is 1. The number of hydrogen-bond donors (Lipinski definition) is 2. The Morgan fingerprint density at radius 1 is 1.33 bits per heavy atom. The van der Waals surface area contributed by atoms with Crippen LogP contribution in [0.2, 0.25) is 0 Å². The molecule has 0 aromatic carbocycles. The van der Waals surface area contributed by atoms with E-state index in [0.29, 0.717) is 18.9 Å². The number of rotatable bonds is 8. The van der Waals surface area contributed by atoms with Gasteiger partial charge in [-0.05, 0) is 18.8 Å². The zero-order valence-corrected chi connectivity index (χ0v) is 12.9. The predicted molar refractivity (Wildman–Crippen MR) is 76.6 cm³/mol. The highest BCUT2D eigenvalue weighted by Crippen LogP contribution is 2.03. The van der Waals surface area contributed by atoms with E-state index in [1.54, 1.807) is 6.92 Å². The highest BCUT2D eigenvalue weighted by molar-refractivity contribution is 7.92. The van der Waals surface area contributed by atoms with E-state index in [4.69, 9.17) is 5.73 Å². The summed E-state index contributed by atoms with van der Waals surface area (Å²) in [7, 11) is -3.27. The van der Waals surface area contributed by atoms with Gasteiger partial charge in [0.05, 0.1) is 5.75 Å².